The Kier molecular flexibility index (Phi) is 3.68. The van der Waals surface area contributed by atoms with Crippen molar-refractivity contribution in [3.63, 3.8) is 0 Å². The number of ether oxygens (including phenoxy) is 1. The summed E-state index contributed by atoms with van der Waals surface area (Å²) in [6.45, 7) is 4.80. The van der Waals surface area contributed by atoms with Crippen molar-refractivity contribution in [2.24, 2.45) is 0 Å². The average Bonchev–Trinajstić information content (AvgIpc) is 2.44. The maximum Gasteiger partial charge on any atom is 0.451 e. The van der Waals surface area contributed by atoms with Gasteiger partial charge in [-0.25, -0.2) is 9.97 Å². The number of alkyl halides is 3. The van der Waals surface area contributed by atoms with Crippen LogP contribution in [0.15, 0.2) is 24.3 Å². The molecule has 1 aromatic carbocycles. The summed E-state index contributed by atoms with van der Waals surface area (Å²) in [5.74, 6) is -0.784. The predicted molar refractivity (Wildman–Crippen MR) is 76.8 cm³/mol. The van der Waals surface area contributed by atoms with Crippen molar-refractivity contribution < 1.29 is 17.9 Å². The molecule has 118 valence electrons. The number of hydrogen-bond acceptors (Lipinski definition) is 4. The number of morpholine rings is 1. The molecule has 1 aromatic heterocycles. The van der Waals surface area contributed by atoms with E-state index in [1.807, 2.05) is 18.7 Å². The van der Waals surface area contributed by atoms with Crippen molar-refractivity contribution in [1.29, 1.82) is 0 Å². The van der Waals surface area contributed by atoms with Crippen molar-refractivity contribution in [3.8, 4) is 0 Å². The zero-order valence-electron chi connectivity index (χ0n) is 12.3. The zero-order chi connectivity index (χ0) is 15.9. The van der Waals surface area contributed by atoms with Crippen molar-refractivity contribution in [1.82, 2.24) is 9.97 Å². The highest BCUT2D eigenvalue weighted by Crippen LogP contribution is 2.32. The summed E-state index contributed by atoms with van der Waals surface area (Å²) in [5.41, 5.74) is 0.298. The van der Waals surface area contributed by atoms with Crippen molar-refractivity contribution in [2.75, 3.05) is 18.0 Å². The lowest BCUT2D eigenvalue weighted by atomic mass is 10.2. The molecule has 2 heterocycles. The van der Waals surface area contributed by atoms with Gasteiger partial charge in [-0.1, -0.05) is 12.1 Å². The van der Waals surface area contributed by atoms with Crippen LogP contribution in [0.5, 0.6) is 0 Å². The fourth-order valence-corrected chi connectivity index (χ4v) is 2.78. The monoisotopic (exact) mass is 311 g/mol. The van der Waals surface area contributed by atoms with Crippen LogP contribution in [-0.2, 0) is 10.9 Å². The molecule has 0 spiro atoms. The van der Waals surface area contributed by atoms with E-state index in [1.165, 1.54) is 0 Å². The molecule has 2 atom stereocenters. The van der Waals surface area contributed by atoms with Gasteiger partial charge in [-0.2, -0.15) is 13.2 Å². The van der Waals surface area contributed by atoms with Crippen LogP contribution >= 0.6 is 0 Å². The van der Waals surface area contributed by atoms with E-state index in [-0.39, 0.29) is 12.2 Å². The number of fused-ring (bicyclic) bond motifs is 1. The second kappa shape index (κ2) is 5.39. The molecule has 22 heavy (non-hydrogen) atoms. The number of halogens is 3. The average molecular weight is 311 g/mol. The van der Waals surface area contributed by atoms with Crippen LogP contribution in [0.25, 0.3) is 10.9 Å². The summed E-state index contributed by atoms with van der Waals surface area (Å²) in [4.78, 5) is 9.29. The van der Waals surface area contributed by atoms with E-state index in [2.05, 4.69) is 9.97 Å². The summed E-state index contributed by atoms with van der Waals surface area (Å²) in [7, 11) is 0. The van der Waals surface area contributed by atoms with Gasteiger partial charge in [-0.05, 0) is 26.0 Å². The van der Waals surface area contributed by atoms with Gasteiger partial charge >= 0.3 is 6.18 Å². The number of para-hydroxylation sites is 1. The zero-order valence-corrected chi connectivity index (χ0v) is 12.3. The number of benzene rings is 1. The molecule has 0 unspecified atom stereocenters. The number of nitrogens with zero attached hydrogens (tertiary/aromatic N) is 3. The number of rotatable bonds is 1. The van der Waals surface area contributed by atoms with Crippen LogP contribution in [0.2, 0.25) is 0 Å². The lowest BCUT2D eigenvalue weighted by molar-refractivity contribution is -0.144. The van der Waals surface area contributed by atoms with Gasteiger partial charge in [0.05, 0.1) is 17.7 Å². The second-order valence-corrected chi connectivity index (χ2v) is 5.55. The second-order valence-electron chi connectivity index (χ2n) is 5.55. The van der Waals surface area contributed by atoms with Gasteiger partial charge in [-0.15, -0.1) is 0 Å². The normalized spacial score (nSPS) is 23.0. The Morgan fingerprint density at radius 1 is 1.09 bits per heavy atom. The number of aromatic nitrogens is 2. The van der Waals surface area contributed by atoms with Crippen LogP contribution in [0.1, 0.15) is 19.7 Å². The van der Waals surface area contributed by atoms with E-state index < -0.39 is 12.0 Å². The lowest BCUT2D eigenvalue weighted by Gasteiger charge is -2.36. The highest BCUT2D eigenvalue weighted by molar-refractivity contribution is 5.89. The summed E-state index contributed by atoms with van der Waals surface area (Å²) in [6.07, 6.45) is -4.69. The maximum atomic E-state index is 13.0. The third-order valence-corrected chi connectivity index (χ3v) is 3.56. The first-order valence-corrected chi connectivity index (χ1v) is 7.09. The molecule has 0 radical (unpaired) electrons. The van der Waals surface area contributed by atoms with Crippen molar-refractivity contribution in [3.05, 3.63) is 30.1 Å². The third kappa shape index (κ3) is 2.85. The van der Waals surface area contributed by atoms with E-state index in [9.17, 15) is 13.2 Å². The first-order valence-electron chi connectivity index (χ1n) is 7.09. The van der Waals surface area contributed by atoms with Gasteiger partial charge in [-0.3, -0.25) is 0 Å². The maximum absolute atomic E-state index is 13.0. The molecular formula is C15H16F3N3O. The minimum atomic E-state index is -4.57. The van der Waals surface area contributed by atoms with E-state index in [0.29, 0.717) is 29.8 Å². The molecular weight excluding hydrogens is 295 g/mol. The van der Waals surface area contributed by atoms with E-state index in [4.69, 9.17) is 4.74 Å². The van der Waals surface area contributed by atoms with Gasteiger partial charge in [0.1, 0.15) is 5.82 Å². The molecule has 0 aliphatic carbocycles. The predicted octanol–water partition coefficient (Wildman–Crippen LogP) is 3.26. The number of hydrogen-bond donors (Lipinski definition) is 0. The highest BCUT2D eigenvalue weighted by Gasteiger charge is 2.36. The van der Waals surface area contributed by atoms with Crippen LogP contribution in [0.3, 0.4) is 0 Å². The fraction of sp³-hybridized carbons (Fsp3) is 0.467. The molecule has 1 saturated heterocycles. The SMILES string of the molecule is C[C@H]1CN(c2nc(C(F)(F)F)nc3ccccc23)C[C@H](C)O1. The van der Waals surface area contributed by atoms with Crippen LogP contribution < -0.4 is 4.90 Å². The van der Waals surface area contributed by atoms with E-state index >= 15 is 0 Å². The summed E-state index contributed by atoms with van der Waals surface area (Å²) < 4.78 is 44.8. The van der Waals surface area contributed by atoms with E-state index in [0.717, 1.165) is 0 Å². The summed E-state index contributed by atoms with van der Waals surface area (Å²) >= 11 is 0. The van der Waals surface area contributed by atoms with Crippen molar-refractivity contribution >= 4 is 16.7 Å². The summed E-state index contributed by atoms with van der Waals surface area (Å²) in [6, 6.07) is 6.76. The van der Waals surface area contributed by atoms with Gasteiger partial charge in [0.15, 0.2) is 0 Å². The molecule has 4 nitrogen and oxygen atoms in total. The molecule has 0 saturated carbocycles. The Hall–Kier alpha value is -1.89. The molecule has 7 heteroatoms. The largest absolute Gasteiger partial charge is 0.451 e. The third-order valence-electron chi connectivity index (χ3n) is 3.56. The minimum Gasteiger partial charge on any atom is -0.372 e. The molecule has 0 amide bonds. The molecule has 1 aliphatic rings. The number of anilines is 1. The molecule has 3 rings (SSSR count). The first-order chi connectivity index (χ1) is 10.3. The smallest absolute Gasteiger partial charge is 0.372 e. The quantitative estimate of drug-likeness (QED) is 0.810. The molecule has 0 bridgehead atoms. The summed E-state index contributed by atoms with van der Waals surface area (Å²) in [5, 5.41) is 0.622. The Labute approximate surface area is 125 Å². The highest BCUT2D eigenvalue weighted by atomic mass is 19.4. The standard InChI is InChI=1S/C15H16F3N3O/c1-9-7-21(8-10(2)22-9)13-11-5-3-4-6-12(11)19-14(20-13)15(16,17)18/h3-6,9-10H,7-8H2,1-2H3/t9-,10-/m0/s1. The van der Waals surface area contributed by atoms with Gasteiger partial charge in [0.25, 0.3) is 0 Å². The van der Waals surface area contributed by atoms with Gasteiger partial charge in [0, 0.05) is 18.5 Å². The fourth-order valence-electron chi connectivity index (χ4n) is 2.78. The van der Waals surface area contributed by atoms with Crippen LogP contribution in [0.4, 0.5) is 19.0 Å². The van der Waals surface area contributed by atoms with Gasteiger partial charge < -0.3 is 9.64 Å². The van der Waals surface area contributed by atoms with E-state index in [1.54, 1.807) is 24.3 Å². The van der Waals surface area contributed by atoms with Crippen LogP contribution in [-0.4, -0.2) is 35.3 Å². The topological polar surface area (TPSA) is 38.2 Å². The Balaban J connectivity index is 2.14. The minimum absolute atomic E-state index is 0.0631. The Bertz CT molecular complexity index is 679. The Morgan fingerprint density at radius 3 is 2.36 bits per heavy atom. The van der Waals surface area contributed by atoms with Crippen molar-refractivity contribution in [2.45, 2.75) is 32.2 Å². The molecule has 0 N–H and O–H groups in total. The lowest BCUT2D eigenvalue weighted by Crippen LogP contribution is -2.46. The molecule has 2 aromatic rings. The molecule has 1 aliphatic heterocycles. The van der Waals surface area contributed by atoms with Crippen LogP contribution in [0, 0.1) is 0 Å². The Morgan fingerprint density at radius 2 is 1.73 bits per heavy atom. The van der Waals surface area contributed by atoms with Gasteiger partial charge in [0.2, 0.25) is 5.82 Å². The first kappa shape index (κ1) is 15.0. The molecule has 1 fully saturated rings.